The Balaban J connectivity index is 2.50. The van der Waals surface area contributed by atoms with Crippen LogP contribution in [-0.2, 0) is 5.41 Å². The molecule has 0 atom stereocenters. The Hall–Kier alpha value is -1.96. The standard InChI is InChI=1S/C16H18O2/c1-16(2,3)14-10-12(6-9-15(14)18)11-4-7-13(17)8-5-11/h4-10,17-18H,1-3H3. The zero-order chi connectivity index (χ0) is 13.3. The average molecular weight is 242 g/mol. The maximum absolute atomic E-state index is 9.92. The summed E-state index contributed by atoms with van der Waals surface area (Å²) in [7, 11) is 0. The van der Waals surface area contributed by atoms with Crippen LogP contribution in [0.25, 0.3) is 11.1 Å². The molecule has 0 heterocycles. The topological polar surface area (TPSA) is 40.5 Å². The molecule has 0 radical (unpaired) electrons. The van der Waals surface area contributed by atoms with Crippen molar-refractivity contribution < 1.29 is 10.2 Å². The summed E-state index contributed by atoms with van der Waals surface area (Å²) < 4.78 is 0. The summed E-state index contributed by atoms with van der Waals surface area (Å²) in [5.74, 6) is 0.582. The fraction of sp³-hybridized carbons (Fsp3) is 0.250. The molecule has 2 heteroatoms. The van der Waals surface area contributed by atoms with Crippen molar-refractivity contribution in [2.45, 2.75) is 26.2 Å². The minimum atomic E-state index is -0.100. The third kappa shape index (κ3) is 2.48. The van der Waals surface area contributed by atoms with Gasteiger partial charge in [0, 0.05) is 0 Å². The summed E-state index contributed by atoms with van der Waals surface area (Å²) >= 11 is 0. The SMILES string of the molecule is CC(C)(C)c1cc(-c2ccc(O)cc2)ccc1O. The van der Waals surface area contributed by atoms with E-state index >= 15 is 0 Å². The summed E-state index contributed by atoms with van der Waals surface area (Å²) in [4.78, 5) is 0. The van der Waals surface area contributed by atoms with Crippen molar-refractivity contribution in [3.8, 4) is 22.6 Å². The summed E-state index contributed by atoms with van der Waals surface area (Å²) in [5, 5.41) is 19.2. The molecule has 94 valence electrons. The lowest BCUT2D eigenvalue weighted by molar-refractivity contribution is 0.447. The van der Waals surface area contributed by atoms with E-state index in [-0.39, 0.29) is 11.2 Å². The molecule has 2 aromatic rings. The molecule has 0 spiro atoms. The van der Waals surface area contributed by atoms with E-state index < -0.39 is 0 Å². The number of aromatic hydroxyl groups is 2. The van der Waals surface area contributed by atoms with E-state index in [1.165, 1.54) is 0 Å². The van der Waals surface area contributed by atoms with Gasteiger partial charge in [-0.3, -0.25) is 0 Å². The maximum Gasteiger partial charge on any atom is 0.119 e. The van der Waals surface area contributed by atoms with Crippen molar-refractivity contribution in [1.82, 2.24) is 0 Å². The molecule has 0 aliphatic heterocycles. The van der Waals surface area contributed by atoms with Gasteiger partial charge in [0.15, 0.2) is 0 Å². The van der Waals surface area contributed by atoms with Crippen LogP contribution in [0, 0.1) is 0 Å². The third-order valence-corrected chi connectivity index (χ3v) is 3.01. The molecule has 2 rings (SSSR count). The lowest BCUT2D eigenvalue weighted by Crippen LogP contribution is -2.11. The quantitative estimate of drug-likeness (QED) is 0.791. The van der Waals surface area contributed by atoms with Crippen molar-refractivity contribution in [1.29, 1.82) is 0 Å². The van der Waals surface area contributed by atoms with Crippen LogP contribution in [0.1, 0.15) is 26.3 Å². The molecule has 2 aromatic carbocycles. The second-order valence-electron chi connectivity index (χ2n) is 5.53. The van der Waals surface area contributed by atoms with Crippen molar-refractivity contribution in [3.05, 3.63) is 48.0 Å². The molecule has 18 heavy (non-hydrogen) atoms. The number of hydrogen-bond acceptors (Lipinski definition) is 2. The van der Waals surface area contributed by atoms with Crippen molar-refractivity contribution in [2.24, 2.45) is 0 Å². The van der Waals surface area contributed by atoms with Gasteiger partial charge in [-0.25, -0.2) is 0 Å². The molecule has 0 aliphatic rings. The lowest BCUT2D eigenvalue weighted by Gasteiger charge is -2.21. The van der Waals surface area contributed by atoms with Gasteiger partial charge in [-0.2, -0.15) is 0 Å². The smallest absolute Gasteiger partial charge is 0.119 e. The Kier molecular flexibility index (Phi) is 3.04. The largest absolute Gasteiger partial charge is 0.508 e. The Morgan fingerprint density at radius 2 is 1.33 bits per heavy atom. The summed E-state index contributed by atoms with van der Waals surface area (Å²) in [6, 6.07) is 12.7. The van der Waals surface area contributed by atoms with Crippen molar-refractivity contribution in [2.75, 3.05) is 0 Å². The first-order valence-electron chi connectivity index (χ1n) is 6.01. The number of benzene rings is 2. The highest BCUT2D eigenvalue weighted by Crippen LogP contribution is 2.34. The van der Waals surface area contributed by atoms with Crippen molar-refractivity contribution >= 4 is 0 Å². The van der Waals surface area contributed by atoms with E-state index in [2.05, 4.69) is 20.8 Å². The number of rotatable bonds is 1. The second-order valence-corrected chi connectivity index (χ2v) is 5.53. The number of phenols is 2. The van der Waals surface area contributed by atoms with Crippen LogP contribution in [0.3, 0.4) is 0 Å². The number of hydrogen-bond donors (Lipinski definition) is 2. The Labute approximate surface area is 108 Å². The van der Waals surface area contributed by atoms with E-state index in [4.69, 9.17) is 0 Å². The third-order valence-electron chi connectivity index (χ3n) is 3.01. The first kappa shape index (κ1) is 12.5. The van der Waals surface area contributed by atoms with Gasteiger partial charge in [0.1, 0.15) is 11.5 Å². The van der Waals surface area contributed by atoms with Gasteiger partial charge in [0.25, 0.3) is 0 Å². The molecule has 0 bridgehead atoms. The molecule has 2 nitrogen and oxygen atoms in total. The highest BCUT2D eigenvalue weighted by molar-refractivity contribution is 5.66. The molecule has 0 aliphatic carbocycles. The van der Waals surface area contributed by atoms with Crippen LogP contribution in [0.2, 0.25) is 0 Å². The van der Waals surface area contributed by atoms with Gasteiger partial charge in [-0.05, 0) is 46.4 Å². The fourth-order valence-corrected chi connectivity index (χ4v) is 1.97. The summed E-state index contributed by atoms with van der Waals surface area (Å²) in [6.07, 6.45) is 0. The van der Waals surface area contributed by atoms with Gasteiger partial charge in [-0.15, -0.1) is 0 Å². The fourth-order valence-electron chi connectivity index (χ4n) is 1.97. The van der Waals surface area contributed by atoms with Crippen LogP contribution in [0.15, 0.2) is 42.5 Å². The molecule has 2 N–H and O–H groups in total. The first-order valence-corrected chi connectivity index (χ1v) is 6.01. The predicted octanol–water partition coefficient (Wildman–Crippen LogP) is 4.06. The number of phenolic OH excluding ortho intramolecular Hbond substituents is 2. The van der Waals surface area contributed by atoms with E-state index in [1.807, 2.05) is 24.3 Å². The van der Waals surface area contributed by atoms with E-state index in [0.717, 1.165) is 16.7 Å². The Morgan fingerprint density at radius 1 is 0.778 bits per heavy atom. The van der Waals surface area contributed by atoms with Crippen LogP contribution < -0.4 is 0 Å². The summed E-state index contributed by atoms with van der Waals surface area (Å²) in [6.45, 7) is 6.22. The van der Waals surface area contributed by atoms with Gasteiger partial charge in [0.2, 0.25) is 0 Å². The Morgan fingerprint density at radius 3 is 1.89 bits per heavy atom. The van der Waals surface area contributed by atoms with Gasteiger partial charge < -0.3 is 10.2 Å². The molecular formula is C16H18O2. The van der Waals surface area contributed by atoms with Crippen LogP contribution in [0.5, 0.6) is 11.5 Å². The molecule has 0 saturated carbocycles. The highest BCUT2D eigenvalue weighted by atomic mass is 16.3. The van der Waals surface area contributed by atoms with Crippen LogP contribution >= 0.6 is 0 Å². The average Bonchev–Trinajstić information content (AvgIpc) is 2.29. The molecule has 0 fully saturated rings. The van der Waals surface area contributed by atoms with E-state index in [9.17, 15) is 10.2 Å². The monoisotopic (exact) mass is 242 g/mol. The molecule has 0 saturated heterocycles. The highest BCUT2D eigenvalue weighted by Gasteiger charge is 2.18. The normalized spacial score (nSPS) is 11.5. The Bertz CT molecular complexity index is 548. The van der Waals surface area contributed by atoms with E-state index in [1.54, 1.807) is 18.2 Å². The van der Waals surface area contributed by atoms with Crippen molar-refractivity contribution in [3.63, 3.8) is 0 Å². The second kappa shape index (κ2) is 4.37. The maximum atomic E-state index is 9.92. The first-order chi connectivity index (χ1) is 8.38. The molecule has 0 amide bonds. The van der Waals surface area contributed by atoms with Crippen LogP contribution in [0.4, 0.5) is 0 Å². The minimum Gasteiger partial charge on any atom is -0.508 e. The summed E-state index contributed by atoms with van der Waals surface area (Å²) in [5.41, 5.74) is 2.89. The lowest BCUT2D eigenvalue weighted by atomic mass is 9.84. The zero-order valence-corrected chi connectivity index (χ0v) is 10.9. The van der Waals surface area contributed by atoms with Crippen LogP contribution in [-0.4, -0.2) is 10.2 Å². The molecular weight excluding hydrogens is 224 g/mol. The van der Waals surface area contributed by atoms with Gasteiger partial charge in [-0.1, -0.05) is 39.0 Å². The molecule has 0 aromatic heterocycles. The van der Waals surface area contributed by atoms with Gasteiger partial charge in [0.05, 0.1) is 0 Å². The van der Waals surface area contributed by atoms with E-state index in [0.29, 0.717) is 5.75 Å². The molecule has 0 unspecified atom stereocenters. The zero-order valence-electron chi connectivity index (χ0n) is 10.9. The predicted molar refractivity (Wildman–Crippen MR) is 73.9 cm³/mol. The minimum absolute atomic E-state index is 0.100. The van der Waals surface area contributed by atoms with Gasteiger partial charge >= 0.3 is 0 Å².